The highest BCUT2D eigenvalue weighted by atomic mass is 19.3. The van der Waals surface area contributed by atoms with Gasteiger partial charge in [-0.15, -0.1) is 0 Å². The Bertz CT molecular complexity index is 869. The molecule has 1 fully saturated rings. The Morgan fingerprint density at radius 3 is 2.78 bits per heavy atom. The summed E-state index contributed by atoms with van der Waals surface area (Å²) in [4.78, 5) is 14.5. The lowest BCUT2D eigenvalue weighted by atomic mass is 9.99. The van der Waals surface area contributed by atoms with Crippen molar-refractivity contribution < 1.29 is 27.4 Å². The van der Waals surface area contributed by atoms with Crippen LogP contribution in [0.4, 0.5) is 18.9 Å². The third kappa shape index (κ3) is 3.57. The zero-order valence-electron chi connectivity index (χ0n) is 14.3. The fourth-order valence-corrected chi connectivity index (χ4v) is 3.42. The Balaban J connectivity index is 1.62. The van der Waals surface area contributed by atoms with E-state index in [0.717, 1.165) is 12.5 Å². The number of fused-ring (bicyclic) bond motifs is 1. The molecular weight excluding hydrogens is 361 g/mol. The Hall–Kier alpha value is -2.74. The van der Waals surface area contributed by atoms with Gasteiger partial charge in [0, 0.05) is 18.4 Å². The van der Waals surface area contributed by atoms with Crippen molar-refractivity contribution in [2.75, 3.05) is 25.2 Å². The van der Waals surface area contributed by atoms with Crippen LogP contribution in [-0.4, -0.2) is 43.3 Å². The van der Waals surface area contributed by atoms with Crippen LogP contribution in [0, 0.1) is 5.82 Å². The second kappa shape index (κ2) is 7.11. The van der Waals surface area contributed by atoms with Gasteiger partial charge in [-0.1, -0.05) is 6.07 Å². The van der Waals surface area contributed by atoms with Crippen LogP contribution in [0.2, 0.25) is 0 Å². The molecule has 5 nitrogen and oxygen atoms in total. The van der Waals surface area contributed by atoms with Gasteiger partial charge < -0.3 is 19.7 Å². The molecule has 2 aliphatic rings. The normalized spacial score (nSPS) is 19.2. The predicted molar refractivity (Wildman–Crippen MR) is 92.4 cm³/mol. The number of halogens is 3. The smallest absolute Gasteiger partial charge is 0.387 e. The van der Waals surface area contributed by atoms with Crippen molar-refractivity contribution in [1.29, 1.82) is 0 Å². The van der Waals surface area contributed by atoms with Gasteiger partial charge in [0.25, 0.3) is 5.91 Å². The standard InChI is InChI=1S/C19H17F3N2O3/c20-13-5-12(6-15(8-13)27-19(21)22)11-1-2-16-17(7-11)23-10-24(18(16)25)14-3-4-26-9-14/h1-2,5-8,14,19,23H,3-4,9-10H2. The van der Waals surface area contributed by atoms with E-state index in [0.29, 0.717) is 42.3 Å². The van der Waals surface area contributed by atoms with Crippen LogP contribution in [0.25, 0.3) is 11.1 Å². The number of carbonyl (C=O) groups is 1. The van der Waals surface area contributed by atoms with E-state index in [1.165, 1.54) is 12.1 Å². The summed E-state index contributed by atoms with van der Waals surface area (Å²) in [6.45, 7) is -1.51. The number of anilines is 1. The monoisotopic (exact) mass is 378 g/mol. The quantitative estimate of drug-likeness (QED) is 0.881. The summed E-state index contributed by atoms with van der Waals surface area (Å²) in [5, 5.41) is 3.20. The summed E-state index contributed by atoms with van der Waals surface area (Å²) < 4.78 is 48.2. The second-order valence-corrected chi connectivity index (χ2v) is 6.44. The minimum atomic E-state index is -3.03. The number of carbonyl (C=O) groups excluding carboxylic acids is 1. The largest absolute Gasteiger partial charge is 0.435 e. The SMILES string of the molecule is O=C1c2ccc(-c3cc(F)cc(OC(F)F)c3)cc2NCN1C1CCOC1. The Labute approximate surface area is 153 Å². The highest BCUT2D eigenvalue weighted by Crippen LogP contribution is 2.32. The Morgan fingerprint density at radius 2 is 2.04 bits per heavy atom. The van der Waals surface area contributed by atoms with Gasteiger partial charge in [0.2, 0.25) is 0 Å². The zero-order chi connectivity index (χ0) is 19.0. The maximum absolute atomic E-state index is 13.8. The topological polar surface area (TPSA) is 50.8 Å². The first kappa shape index (κ1) is 17.7. The molecule has 2 aromatic rings. The minimum Gasteiger partial charge on any atom is -0.435 e. The predicted octanol–water partition coefficient (Wildman–Crippen LogP) is 3.71. The molecule has 0 radical (unpaired) electrons. The Morgan fingerprint density at radius 1 is 1.19 bits per heavy atom. The second-order valence-electron chi connectivity index (χ2n) is 6.44. The average Bonchev–Trinajstić information content (AvgIpc) is 3.15. The molecule has 1 unspecified atom stereocenters. The molecule has 0 aliphatic carbocycles. The first-order chi connectivity index (χ1) is 13.0. The maximum atomic E-state index is 13.8. The molecule has 0 saturated carbocycles. The van der Waals surface area contributed by atoms with Crippen molar-refractivity contribution in [2.45, 2.75) is 19.1 Å². The van der Waals surface area contributed by atoms with Crippen LogP contribution in [0.1, 0.15) is 16.8 Å². The van der Waals surface area contributed by atoms with E-state index in [-0.39, 0.29) is 17.7 Å². The highest BCUT2D eigenvalue weighted by molar-refractivity contribution is 6.02. The Kier molecular flexibility index (Phi) is 4.65. The molecule has 2 heterocycles. The highest BCUT2D eigenvalue weighted by Gasteiger charge is 2.32. The molecule has 27 heavy (non-hydrogen) atoms. The lowest BCUT2D eigenvalue weighted by Crippen LogP contribution is -2.46. The summed E-state index contributed by atoms with van der Waals surface area (Å²) in [5.74, 6) is -1.03. The number of hydrogen-bond donors (Lipinski definition) is 1. The molecule has 4 rings (SSSR count). The third-order valence-corrected chi connectivity index (χ3v) is 4.73. The van der Waals surface area contributed by atoms with Crippen LogP contribution >= 0.6 is 0 Å². The van der Waals surface area contributed by atoms with Crippen molar-refractivity contribution in [3.8, 4) is 16.9 Å². The van der Waals surface area contributed by atoms with E-state index >= 15 is 0 Å². The lowest BCUT2D eigenvalue weighted by Gasteiger charge is -2.33. The van der Waals surface area contributed by atoms with Gasteiger partial charge in [0.05, 0.1) is 24.9 Å². The molecule has 0 spiro atoms. The van der Waals surface area contributed by atoms with Gasteiger partial charge in [0.15, 0.2) is 0 Å². The first-order valence-electron chi connectivity index (χ1n) is 8.53. The van der Waals surface area contributed by atoms with Gasteiger partial charge in [-0.25, -0.2) is 4.39 Å². The number of nitrogens with zero attached hydrogens (tertiary/aromatic N) is 1. The summed E-state index contributed by atoms with van der Waals surface area (Å²) in [6, 6.07) is 8.54. The van der Waals surface area contributed by atoms with Crippen LogP contribution in [0.3, 0.4) is 0 Å². The van der Waals surface area contributed by atoms with Crippen LogP contribution in [0.5, 0.6) is 5.75 Å². The van der Waals surface area contributed by atoms with Gasteiger partial charge in [0.1, 0.15) is 11.6 Å². The van der Waals surface area contributed by atoms with Crippen LogP contribution in [-0.2, 0) is 4.74 Å². The molecule has 1 atom stereocenters. The molecule has 2 aromatic carbocycles. The van der Waals surface area contributed by atoms with Gasteiger partial charge >= 0.3 is 6.61 Å². The van der Waals surface area contributed by atoms with Crippen molar-refractivity contribution in [3.63, 3.8) is 0 Å². The van der Waals surface area contributed by atoms with Crippen LogP contribution in [0.15, 0.2) is 36.4 Å². The minimum absolute atomic E-state index is 0.0510. The van der Waals surface area contributed by atoms with Crippen molar-refractivity contribution in [3.05, 3.63) is 47.8 Å². The molecule has 0 aromatic heterocycles. The fraction of sp³-hybridized carbons (Fsp3) is 0.316. The van der Waals surface area contributed by atoms with Crippen molar-refractivity contribution >= 4 is 11.6 Å². The van der Waals surface area contributed by atoms with E-state index in [1.807, 2.05) is 0 Å². The molecule has 0 bridgehead atoms. The summed E-state index contributed by atoms with van der Waals surface area (Å²) in [5.41, 5.74) is 2.10. The lowest BCUT2D eigenvalue weighted by molar-refractivity contribution is -0.0499. The molecule has 142 valence electrons. The number of benzene rings is 2. The zero-order valence-corrected chi connectivity index (χ0v) is 14.3. The number of nitrogens with one attached hydrogen (secondary N) is 1. The number of hydrogen-bond acceptors (Lipinski definition) is 4. The van der Waals surface area contributed by atoms with Crippen LogP contribution < -0.4 is 10.1 Å². The van der Waals surface area contributed by atoms with Crippen molar-refractivity contribution in [2.24, 2.45) is 0 Å². The number of amides is 1. The molecule has 2 aliphatic heterocycles. The van der Waals surface area contributed by atoms with Gasteiger partial charge in [-0.3, -0.25) is 4.79 Å². The molecule has 8 heteroatoms. The van der Waals surface area contributed by atoms with E-state index in [4.69, 9.17) is 4.74 Å². The number of alkyl halides is 2. The number of rotatable bonds is 4. The van der Waals surface area contributed by atoms with Gasteiger partial charge in [-0.05, 0) is 41.8 Å². The molecule has 1 saturated heterocycles. The van der Waals surface area contributed by atoms with E-state index in [9.17, 15) is 18.0 Å². The van der Waals surface area contributed by atoms with E-state index in [1.54, 1.807) is 23.1 Å². The van der Waals surface area contributed by atoms with E-state index < -0.39 is 12.4 Å². The summed E-state index contributed by atoms with van der Waals surface area (Å²) >= 11 is 0. The fourth-order valence-electron chi connectivity index (χ4n) is 3.42. The number of ether oxygens (including phenoxy) is 2. The van der Waals surface area contributed by atoms with E-state index in [2.05, 4.69) is 10.1 Å². The molecule has 1 amide bonds. The first-order valence-corrected chi connectivity index (χ1v) is 8.53. The average molecular weight is 378 g/mol. The maximum Gasteiger partial charge on any atom is 0.387 e. The third-order valence-electron chi connectivity index (χ3n) is 4.73. The molecule has 1 N–H and O–H groups in total. The molecular formula is C19H17F3N2O3. The van der Waals surface area contributed by atoms with Crippen molar-refractivity contribution in [1.82, 2.24) is 4.90 Å². The van der Waals surface area contributed by atoms with Gasteiger partial charge in [-0.2, -0.15) is 8.78 Å². The summed E-state index contributed by atoms with van der Waals surface area (Å²) in [7, 11) is 0. The summed E-state index contributed by atoms with van der Waals surface area (Å²) in [6.07, 6.45) is 0.803.